The molecule has 4 nitrogen and oxygen atoms in total. The van der Waals surface area contributed by atoms with Crippen LogP contribution in [0.15, 0.2) is 18.5 Å². The van der Waals surface area contributed by atoms with Crippen molar-refractivity contribution >= 4 is 17.0 Å². The Morgan fingerprint density at radius 2 is 1.96 bits per heavy atom. The van der Waals surface area contributed by atoms with Crippen LogP contribution < -0.4 is 0 Å². The Bertz CT molecular complexity index is 776. The van der Waals surface area contributed by atoms with Gasteiger partial charge in [-0.1, -0.05) is 6.92 Å². The van der Waals surface area contributed by atoms with Crippen molar-refractivity contribution in [1.82, 2.24) is 9.55 Å². The molecule has 0 radical (unpaired) electrons. The number of rotatable bonds is 3. The lowest BCUT2D eigenvalue weighted by Gasteiger charge is -2.19. The number of esters is 1. The molecule has 4 rings (SSSR count). The van der Waals surface area contributed by atoms with E-state index in [4.69, 9.17) is 4.74 Å². The highest BCUT2D eigenvalue weighted by Gasteiger charge is 2.59. The quantitative estimate of drug-likeness (QED) is 0.815. The molecule has 5 atom stereocenters. The van der Waals surface area contributed by atoms with Crippen LogP contribution in [0.4, 0.5) is 8.78 Å². The second-order valence-electron chi connectivity index (χ2n) is 6.75. The van der Waals surface area contributed by atoms with Crippen molar-refractivity contribution in [3.63, 3.8) is 0 Å². The fourth-order valence-corrected chi connectivity index (χ4v) is 4.49. The van der Waals surface area contributed by atoms with Gasteiger partial charge in [0.2, 0.25) is 0 Å². The van der Waals surface area contributed by atoms with E-state index in [1.54, 1.807) is 6.33 Å². The van der Waals surface area contributed by atoms with Crippen LogP contribution in [0.5, 0.6) is 0 Å². The molecule has 1 heterocycles. The van der Waals surface area contributed by atoms with Crippen molar-refractivity contribution in [2.45, 2.75) is 25.8 Å². The lowest BCUT2D eigenvalue weighted by atomic mass is 9.97. The van der Waals surface area contributed by atoms with Crippen molar-refractivity contribution in [3.05, 3.63) is 30.1 Å². The molecular weight excluding hydrogens is 302 g/mol. The van der Waals surface area contributed by atoms with Gasteiger partial charge >= 0.3 is 5.97 Å². The van der Waals surface area contributed by atoms with Crippen molar-refractivity contribution in [2.24, 2.45) is 23.7 Å². The van der Waals surface area contributed by atoms with Gasteiger partial charge in [0.1, 0.15) is 0 Å². The number of ether oxygens (including phenoxy) is 1. The zero-order valence-electron chi connectivity index (χ0n) is 13.0. The lowest BCUT2D eigenvalue weighted by Crippen LogP contribution is -2.18. The number of aromatic nitrogens is 2. The number of hydrogen-bond donors (Lipinski definition) is 0. The van der Waals surface area contributed by atoms with Gasteiger partial charge in [0, 0.05) is 18.2 Å². The molecule has 0 saturated heterocycles. The first-order valence-electron chi connectivity index (χ1n) is 7.90. The number of halogens is 2. The van der Waals surface area contributed by atoms with E-state index in [-0.39, 0.29) is 17.9 Å². The van der Waals surface area contributed by atoms with E-state index in [9.17, 15) is 13.6 Å². The third kappa shape index (κ3) is 2.15. The first-order valence-corrected chi connectivity index (χ1v) is 7.90. The molecule has 0 spiro atoms. The molecule has 2 aliphatic rings. The van der Waals surface area contributed by atoms with E-state index < -0.39 is 11.6 Å². The summed E-state index contributed by atoms with van der Waals surface area (Å²) in [5.41, 5.74) is 1.11. The van der Waals surface area contributed by atoms with Crippen LogP contribution in [-0.4, -0.2) is 22.6 Å². The van der Waals surface area contributed by atoms with E-state index in [0.29, 0.717) is 28.8 Å². The number of benzene rings is 1. The summed E-state index contributed by atoms with van der Waals surface area (Å²) in [6.07, 6.45) is 3.56. The average Bonchev–Trinajstić information content (AvgIpc) is 2.87. The number of fused-ring (bicyclic) bond motifs is 2. The third-order valence-corrected chi connectivity index (χ3v) is 5.65. The molecule has 2 aromatic rings. The van der Waals surface area contributed by atoms with E-state index in [2.05, 4.69) is 4.98 Å². The maximum Gasteiger partial charge on any atom is 0.308 e. The predicted molar refractivity (Wildman–Crippen MR) is 79.6 cm³/mol. The molecule has 0 N–H and O–H groups in total. The lowest BCUT2D eigenvalue weighted by molar-refractivity contribution is -0.145. The standard InChI is InChI=1S/C17H18F2N2O2/c1-8(17(22)23-2)16-10-3-9(4-11(10)16)21-7-20-14-5-12(18)13(19)6-15(14)21/h5-11,16H,3-4H2,1-2H3/t8?,9-,10+,11-,16-. The van der Waals surface area contributed by atoms with Gasteiger partial charge < -0.3 is 9.30 Å². The number of nitrogens with zero attached hydrogens (tertiary/aromatic N) is 2. The van der Waals surface area contributed by atoms with Gasteiger partial charge in [-0.25, -0.2) is 13.8 Å². The van der Waals surface area contributed by atoms with E-state index >= 15 is 0 Å². The topological polar surface area (TPSA) is 44.1 Å². The van der Waals surface area contributed by atoms with Gasteiger partial charge in [-0.3, -0.25) is 4.79 Å². The summed E-state index contributed by atoms with van der Waals surface area (Å²) in [4.78, 5) is 15.8. The van der Waals surface area contributed by atoms with Crippen LogP contribution in [0, 0.1) is 35.3 Å². The molecule has 2 aliphatic carbocycles. The molecular formula is C17H18F2N2O2. The number of methoxy groups -OCH3 is 1. The molecule has 0 bridgehead atoms. The Hall–Kier alpha value is -1.98. The van der Waals surface area contributed by atoms with Crippen molar-refractivity contribution in [1.29, 1.82) is 0 Å². The SMILES string of the molecule is COC(=O)C(C)[C@H]1[C@@H]2C[C@H](n3cnc4cc(F)c(F)cc43)C[C@@H]21. The predicted octanol–water partition coefficient (Wildman–Crippen LogP) is 3.32. The summed E-state index contributed by atoms with van der Waals surface area (Å²) in [6.45, 7) is 1.93. The monoisotopic (exact) mass is 320 g/mol. The Morgan fingerprint density at radius 3 is 2.61 bits per heavy atom. The van der Waals surface area contributed by atoms with Gasteiger partial charge in [0.25, 0.3) is 0 Å². The summed E-state index contributed by atoms with van der Waals surface area (Å²) in [5.74, 6) is -0.520. The van der Waals surface area contributed by atoms with Crippen molar-refractivity contribution in [2.75, 3.05) is 7.11 Å². The van der Waals surface area contributed by atoms with Crippen LogP contribution in [0.25, 0.3) is 11.0 Å². The number of carbonyl (C=O) groups is 1. The summed E-state index contributed by atoms with van der Waals surface area (Å²) in [7, 11) is 1.42. The highest BCUT2D eigenvalue weighted by Crippen LogP contribution is 2.64. The Labute approximate surface area is 132 Å². The molecule has 1 aromatic heterocycles. The van der Waals surface area contributed by atoms with E-state index in [1.165, 1.54) is 13.2 Å². The first-order chi connectivity index (χ1) is 11.0. The van der Waals surface area contributed by atoms with Gasteiger partial charge in [-0.15, -0.1) is 0 Å². The van der Waals surface area contributed by atoms with E-state index in [1.807, 2.05) is 11.5 Å². The average molecular weight is 320 g/mol. The molecule has 0 aliphatic heterocycles. The molecule has 23 heavy (non-hydrogen) atoms. The van der Waals surface area contributed by atoms with Crippen LogP contribution in [0.3, 0.4) is 0 Å². The van der Waals surface area contributed by atoms with Crippen LogP contribution in [0.2, 0.25) is 0 Å². The minimum atomic E-state index is -0.871. The minimum absolute atomic E-state index is 0.0676. The Balaban J connectivity index is 1.53. The maximum atomic E-state index is 13.5. The molecule has 0 amide bonds. The zero-order valence-corrected chi connectivity index (χ0v) is 13.0. The van der Waals surface area contributed by atoms with Gasteiger partial charge in [-0.05, 0) is 30.6 Å². The normalized spacial score (nSPS) is 30.3. The first kappa shape index (κ1) is 14.6. The molecule has 122 valence electrons. The van der Waals surface area contributed by atoms with Crippen molar-refractivity contribution < 1.29 is 18.3 Å². The minimum Gasteiger partial charge on any atom is -0.469 e. The fourth-order valence-electron chi connectivity index (χ4n) is 4.49. The Morgan fingerprint density at radius 1 is 1.30 bits per heavy atom. The largest absolute Gasteiger partial charge is 0.469 e. The zero-order chi connectivity index (χ0) is 16.3. The van der Waals surface area contributed by atoms with Gasteiger partial charge in [0.05, 0.1) is 30.4 Å². The smallest absolute Gasteiger partial charge is 0.308 e. The van der Waals surface area contributed by atoms with Crippen LogP contribution >= 0.6 is 0 Å². The Kier molecular flexibility index (Phi) is 3.18. The third-order valence-electron chi connectivity index (χ3n) is 5.65. The summed E-state index contributed by atoms with van der Waals surface area (Å²) in [6, 6.07) is 2.59. The number of imidazole rings is 1. The molecule has 2 fully saturated rings. The van der Waals surface area contributed by atoms with Crippen LogP contribution in [-0.2, 0) is 9.53 Å². The molecule has 1 unspecified atom stereocenters. The van der Waals surface area contributed by atoms with Gasteiger partial charge in [-0.2, -0.15) is 0 Å². The number of hydrogen-bond acceptors (Lipinski definition) is 3. The number of carbonyl (C=O) groups excluding carboxylic acids is 1. The molecule has 6 heteroatoms. The second kappa shape index (κ2) is 5.01. The van der Waals surface area contributed by atoms with Crippen molar-refractivity contribution in [3.8, 4) is 0 Å². The summed E-state index contributed by atoms with van der Waals surface area (Å²) in [5, 5.41) is 0. The van der Waals surface area contributed by atoms with E-state index in [0.717, 1.165) is 18.9 Å². The maximum absolute atomic E-state index is 13.5. The molecule has 2 saturated carbocycles. The molecule has 1 aromatic carbocycles. The van der Waals surface area contributed by atoms with Gasteiger partial charge in [0.15, 0.2) is 11.6 Å². The fraction of sp³-hybridized carbons (Fsp3) is 0.529. The second-order valence-corrected chi connectivity index (χ2v) is 6.75. The highest BCUT2D eigenvalue weighted by atomic mass is 19.2. The van der Waals surface area contributed by atoms with Crippen LogP contribution in [0.1, 0.15) is 25.8 Å². The summed E-state index contributed by atoms with van der Waals surface area (Å²) < 4.78 is 33.6. The summed E-state index contributed by atoms with van der Waals surface area (Å²) >= 11 is 0. The highest BCUT2D eigenvalue weighted by molar-refractivity contribution is 5.75.